The van der Waals surface area contributed by atoms with E-state index in [1.807, 2.05) is 24.3 Å². The van der Waals surface area contributed by atoms with Crippen molar-refractivity contribution in [3.8, 4) is 28.7 Å². The molecule has 0 saturated heterocycles. The molecule has 0 aromatic heterocycles. The van der Waals surface area contributed by atoms with Crippen molar-refractivity contribution in [3.05, 3.63) is 41.5 Å². The molecule has 4 rings (SSSR count). The van der Waals surface area contributed by atoms with Crippen LogP contribution >= 0.6 is 12.4 Å². The summed E-state index contributed by atoms with van der Waals surface area (Å²) in [4.78, 5) is 2.37. The van der Waals surface area contributed by atoms with E-state index in [0.717, 1.165) is 48.9 Å². The van der Waals surface area contributed by atoms with E-state index in [2.05, 4.69) is 11.0 Å². The van der Waals surface area contributed by atoms with Gasteiger partial charge in [-0.1, -0.05) is 12.1 Å². The molecule has 0 fully saturated rings. The number of para-hydroxylation sites is 2. The molecule has 1 atom stereocenters. The van der Waals surface area contributed by atoms with Crippen molar-refractivity contribution in [1.29, 1.82) is 0 Å². The van der Waals surface area contributed by atoms with E-state index in [1.54, 1.807) is 21.3 Å². The van der Waals surface area contributed by atoms with Crippen molar-refractivity contribution < 1.29 is 23.7 Å². The maximum atomic E-state index is 6.12. The first kappa shape index (κ1) is 20.4. The van der Waals surface area contributed by atoms with E-state index in [0.29, 0.717) is 18.1 Å². The molecule has 2 aromatic rings. The molecule has 2 aliphatic rings. The van der Waals surface area contributed by atoms with Gasteiger partial charge in [0.1, 0.15) is 12.7 Å². The predicted molar refractivity (Wildman–Crippen MR) is 109 cm³/mol. The number of halogens is 1. The third-order valence-electron chi connectivity index (χ3n) is 5.13. The Hall–Kier alpha value is -2.31. The van der Waals surface area contributed by atoms with Crippen LogP contribution in [0.25, 0.3) is 0 Å². The second-order valence-corrected chi connectivity index (χ2v) is 6.77. The van der Waals surface area contributed by atoms with Crippen molar-refractivity contribution >= 4 is 12.4 Å². The second kappa shape index (κ2) is 8.80. The molecule has 0 amide bonds. The highest BCUT2D eigenvalue weighted by Crippen LogP contribution is 2.44. The summed E-state index contributed by atoms with van der Waals surface area (Å²) in [7, 11) is 4.96. The van der Waals surface area contributed by atoms with Gasteiger partial charge in [0.25, 0.3) is 0 Å². The highest BCUT2D eigenvalue weighted by molar-refractivity contribution is 5.85. The van der Waals surface area contributed by atoms with Crippen molar-refractivity contribution in [1.82, 2.24) is 4.90 Å². The lowest BCUT2D eigenvalue weighted by Crippen LogP contribution is -2.43. The van der Waals surface area contributed by atoms with E-state index < -0.39 is 0 Å². The zero-order valence-electron chi connectivity index (χ0n) is 16.4. The van der Waals surface area contributed by atoms with E-state index in [-0.39, 0.29) is 18.5 Å². The summed E-state index contributed by atoms with van der Waals surface area (Å²) in [5.41, 5.74) is 2.39. The Balaban J connectivity index is 0.00000225. The topological polar surface area (TPSA) is 49.4 Å². The Morgan fingerprint density at radius 1 is 1.04 bits per heavy atom. The monoisotopic (exact) mass is 407 g/mol. The quantitative estimate of drug-likeness (QED) is 0.757. The van der Waals surface area contributed by atoms with Crippen LogP contribution in [0.5, 0.6) is 28.7 Å². The maximum Gasteiger partial charge on any atom is 0.203 e. The molecule has 2 aliphatic heterocycles. The van der Waals surface area contributed by atoms with E-state index in [1.165, 1.54) is 5.56 Å². The van der Waals surface area contributed by atoms with Gasteiger partial charge in [-0.2, -0.15) is 0 Å². The van der Waals surface area contributed by atoms with Crippen LogP contribution < -0.4 is 23.7 Å². The molecule has 2 aromatic carbocycles. The molecule has 0 radical (unpaired) electrons. The highest BCUT2D eigenvalue weighted by atomic mass is 35.5. The Morgan fingerprint density at radius 3 is 2.50 bits per heavy atom. The lowest BCUT2D eigenvalue weighted by atomic mass is 9.97. The minimum Gasteiger partial charge on any atom is -0.493 e. The molecule has 152 valence electrons. The first-order valence-electron chi connectivity index (χ1n) is 9.15. The Morgan fingerprint density at radius 2 is 1.79 bits per heavy atom. The third-order valence-corrected chi connectivity index (χ3v) is 5.13. The normalized spacial score (nSPS) is 17.9. The molecule has 0 N–H and O–H groups in total. The molecular weight excluding hydrogens is 382 g/mol. The van der Waals surface area contributed by atoms with Gasteiger partial charge < -0.3 is 23.7 Å². The maximum absolute atomic E-state index is 6.12. The largest absolute Gasteiger partial charge is 0.493 e. The zero-order valence-corrected chi connectivity index (χ0v) is 17.2. The van der Waals surface area contributed by atoms with Crippen molar-refractivity contribution in [2.45, 2.75) is 19.1 Å². The molecule has 0 spiro atoms. The van der Waals surface area contributed by atoms with Gasteiger partial charge >= 0.3 is 0 Å². The van der Waals surface area contributed by atoms with Gasteiger partial charge in [0, 0.05) is 25.2 Å². The van der Waals surface area contributed by atoms with Gasteiger partial charge in [0.05, 0.1) is 21.3 Å². The molecule has 0 aliphatic carbocycles. The number of nitrogens with zero attached hydrogens (tertiary/aromatic N) is 1. The summed E-state index contributed by atoms with van der Waals surface area (Å²) in [5, 5.41) is 0. The van der Waals surface area contributed by atoms with Gasteiger partial charge in [0.15, 0.2) is 23.0 Å². The number of benzene rings is 2. The van der Waals surface area contributed by atoms with Crippen LogP contribution in [-0.2, 0) is 13.0 Å². The van der Waals surface area contributed by atoms with Crippen LogP contribution in [0, 0.1) is 0 Å². The Kier molecular flexibility index (Phi) is 6.42. The number of methoxy groups -OCH3 is 3. The summed E-state index contributed by atoms with van der Waals surface area (Å²) >= 11 is 0. The number of rotatable bonds is 5. The molecule has 2 heterocycles. The van der Waals surface area contributed by atoms with Crippen molar-refractivity contribution in [2.24, 2.45) is 0 Å². The molecule has 28 heavy (non-hydrogen) atoms. The summed E-state index contributed by atoms with van der Waals surface area (Å²) in [6, 6.07) is 9.87. The lowest BCUT2D eigenvalue weighted by molar-refractivity contribution is 0.0546. The standard InChI is InChI=1S/C21H25NO5.ClH/c1-23-19-10-14-8-9-22(12-16(14)20(24-2)21(19)25-3)11-15-13-26-17-6-4-5-7-18(17)27-15;/h4-7,10,15H,8-9,11-13H2,1-3H3;1H. The average Bonchev–Trinajstić information content (AvgIpc) is 2.72. The van der Waals surface area contributed by atoms with Crippen molar-refractivity contribution in [2.75, 3.05) is 41.0 Å². The van der Waals surface area contributed by atoms with Crippen LogP contribution in [0.15, 0.2) is 30.3 Å². The van der Waals surface area contributed by atoms with Crippen molar-refractivity contribution in [3.63, 3.8) is 0 Å². The van der Waals surface area contributed by atoms with Gasteiger partial charge in [-0.25, -0.2) is 0 Å². The first-order chi connectivity index (χ1) is 13.2. The minimum absolute atomic E-state index is 0. The fourth-order valence-corrected chi connectivity index (χ4v) is 3.84. The summed E-state index contributed by atoms with van der Waals surface area (Å²) in [6.07, 6.45) is 0.934. The molecule has 1 unspecified atom stereocenters. The Labute approximate surface area is 171 Å². The van der Waals surface area contributed by atoms with Crippen LogP contribution in [0.1, 0.15) is 11.1 Å². The summed E-state index contributed by atoms with van der Waals surface area (Å²) < 4.78 is 28.6. The Bertz CT molecular complexity index is 829. The van der Waals surface area contributed by atoms with Gasteiger partial charge in [-0.15, -0.1) is 12.4 Å². The van der Waals surface area contributed by atoms with Crippen LogP contribution in [0.3, 0.4) is 0 Å². The van der Waals surface area contributed by atoms with Crippen LogP contribution in [0.2, 0.25) is 0 Å². The minimum atomic E-state index is 0. The number of fused-ring (bicyclic) bond motifs is 2. The van der Waals surface area contributed by atoms with Crippen LogP contribution in [-0.4, -0.2) is 52.0 Å². The third kappa shape index (κ3) is 3.80. The summed E-state index contributed by atoms with van der Waals surface area (Å²) in [6.45, 7) is 3.09. The fraction of sp³-hybridized carbons (Fsp3) is 0.429. The molecule has 7 heteroatoms. The number of ether oxygens (including phenoxy) is 5. The molecule has 0 saturated carbocycles. The first-order valence-corrected chi connectivity index (χ1v) is 9.15. The smallest absolute Gasteiger partial charge is 0.203 e. The highest BCUT2D eigenvalue weighted by Gasteiger charge is 2.29. The van der Waals surface area contributed by atoms with E-state index >= 15 is 0 Å². The fourth-order valence-electron chi connectivity index (χ4n) is 3.84. The number of hydrogen-bond donors (Lipinski definition) is 0. The van der Waals surface area contributed by atoms with E-state index in [4.69, 9.17) is 23.7 Å². The SMILES string of the molecule is COc1cc2c(c(OC)c1OC)CN(CC1COc3ccccc3O1)CC2.Cl. The van der Waals surface area contributed by atoms with E-state index in [9.17, 15) is 0 Å². The average molecular weight is 408 g/mol. The lowest BCUT2D eigenvalue weighted by Gasteiger charge is -2.34. The van der Waals surface area contributed by atoms with Gasteiger partial charge in [0.2, 0.25) is 5.75 Å². The molecular formula is C21H26ClNO5. The molecule has 0 bridgehead atoms. The number of hydrogen-bond acceptors (Lipinski definition) is 6. The summed E-state index contributed by atoms with van der Waals surface area (Å²) in [5.74, 6) is 3.74. The van der Waals surface area contributed by atoms with Gasteiger partial charge in [-0.3, -0.25) is 4.90 Å². The van der Waals surface area contributed by atoms with Crippen LogP contribution in [0.4, 0.5) is 0 Å². The second-order valence-electron chi connectivity index (χ2n) is 6.77. The molecule has 6 nitrogen and oxygen atoms in total. The van der Waals surface area contributed by atoms with Gasteiger partial charge in [-0.05, 0) is 30.2 Å². The zero-order chi connectivity index (χ0) is 18.8. The predicted octanol–water partition coefficient (Wildman–Crippen LogP) is 3.33.